The second-order valence-corrected chi connectivity index (χ2v) is 12.2. The van der Waals surface area contributed by atoms with Crippen molar-refractivity contribution in [2.45, 2.75) is 96.9 Å². The smallest absolute Gasteiger partial charge is 0.322 e. The molecule has 0 aromatic rings. The van der Waals surface area contributed by atoms with Crippen LogP contribution in [0.25, 0.3) is 0 Å². The first-order valence-electron chi connectivity index (χ1n) is 13.0. The highest BCUT2D eigenvalue weighted by Crippen LogP contribution is 2.68. The maximum atomic E-state index is 12.0. The van der Waals surface area contributed by atoms with Gasteiger partial charge in [-0.05, 0) is 97.7 Å². The van der Waals surface area contributed by atoms with E-state index in [9.17, 15) is 24.9 Å². The largest absolute Gasteiger partial charge is 0.480 e. The van der Waals surface area contributed by atoms with E-state index in [0.29, 0.717) is 42.9 Å². The van der Waals surface area contributed by atoms with Gasteiger partial charge in [0.2, 0.25) is 5.91 Å². The van der Waals surface area contributed by atoms with E-state index in [1.54, 1.807) is 0 Å². The van der Waals surface area contributed by atoms with Crippen molar-refractivity contribution in [3.05, 3.63) is 0 Å². The fourth-order valence-electron chi connectivity index (χ4n) is 9.03. The van der Waals surface area contributed by atoms with Gasteiger partial charge in [-0.3, -0.25) is 9.59 Å². The number of aliphatic hydroxyl groups is 3. The topological polar surface area (TPSA) is 127 Å². The lowest BCUT2D eigenvalue weighted by Gasteiger charge is -2.63. The van der Waals surface area contributed by atoms with Crippen molar-refractivity contribution >= 4 is 11.9 Å². The Labute approximate surface area is 197 Å². The number of carbonyl (C=O) groups excluding carboxylic acids is 1. The molecule has 0 saturated heterocycles. The van der Waals surface area contributed by atoms with Crippen molar-refractivity contribution in [2.75, 3.05) is 6.54 Å². The second-order valence-electron chi connectivity index (χ2n) is 12.2. The zero-order chi connectivity index (χ0) is 24.1. The van der Waals surface area contributed by atoms with Gasteiger partial charge >= 0.3 is 5.97 Å². The lowest BCUT2D eigenvalue weighted by atomic mass is 9.43. The Bertz CT molecular complexity index is 759. The van der Waals surface area contributed by atoms with Crippen LogP contribution in [0.4, 0.5) is 0 Å². The van der Waals surface area contributed by atoms with Crippen LogP contribution >= 0.6 is 0 Å². The Hall–Kier alpha value is -1.18. The van der Waals surface area contributed by atoms with E-state index in [-0.39, 0.29) is 47.3 Å². The van der Waals surface area contributed by atoms with Crippen LogP contribution in [0, 0.1) is 46.3 Å². The first-order chi connectivity index (χ1) is 15.5. The van der Waals surface area contributed by atoms with E-state index in [4.69, 9.17) is 5.11 Å². The van der Waals surface area contributed by atoms with Crippen LogP contribution in [0.5, 0.6) is 0 Å². The van der Waals surface area contributed by atoms with Crippen LogP contribution in [0.1, 0.15) is 78.6 Å². The van der Waals surface area contributed by atoms with Crippen LogP contribution in [0.3, 0.4) is 0 Å². The van der Waals surface area contributed by atoms with Crippen LogP contribution in [-0.2, 0) is 9.59 Å². The number of carboxylic acids is 1. The van der Waals surface area contributed by atoms with Crippen LogP contribution in [-0.4, -0.2) is 57.2 Å². The van der Waals surface area contributed by atoms with Crippen molar-refractivity contribution in [1.29, 1.82) is 0 Å². The Kier molecular flexibility index (Phi) is 6.89. The van der Waals surface area contributed by atoms with E-state index in [2.05, 4.69) is 26.1 Å². The highest BCUT2D eigenvalue weighted by molar-refractivity contribution is 5.81. The molecule has 1 amide bonds. The third kappa shape index (κ3) is 4.23. The zero-order valence-electron chi connectivity index (χ0n) is 20.4. The summed E-state index contributed by atoms with van der Waals surface area (Å²) in [6, 6.07) is 0. The Morgan fingerprint density at radius 1 is 1.00 bits per heavy atom. The molecule has 0 radical (unpaired) electrons. The molecule has 4 aliphatic carbocycles. The summed E-state index contributed by atoms with van der Waals surface area (Å²) in [5, 5.41) is 44.2. The number of hydrogen-bond donors (Lipinski definition) is 5. The van der Waals surface area contributed by atoms with E-state index in [1.807, 2.05) is 0 Å². The SMILES string of the molecule is C[C@H](CCC(=O)NCC(=O)O)[C@H]1CC[C@H]2[C@@H]3C[C@H](O)C4C[C@H](O)CC[C@]4(C)[C@H]3C[C@H](O)[C@]12C. The highest BCUT2D eigenvalue weighted by Gasteiger charge is 2.65. The predicted octanol–water partition coefficient (Wildman–Crippen LogP) is 2.56. The Balaban J connectivity index is 1.48. The number of hydrogen-bond acceptors (Lipinski definition) is 5. The minimum Gasteiger partial charge on any atom is -0.480 e. The van der Waals surface area contributed by atoms with Crippen LogP contribution < -0.4 is 5.32 Å². The lowest BCUT2D eigenvalue weighted by molar-refractivity contribution is -0.202. The van der Waals surface area contributed by atoms with Gasteiger partial charge in [0.1, 0.15) is 6.54 Å². The standard InChI is InChI=1S/C26H43NO6/c1-14(4-7-23(31)27-13-24(32)33)17-5-6-18-16-11-21(29)20-10-15(28)8-9-25(20,2)19(16)12-22(30)26(17,18)3/h14-22,28-30H,4-13H2,1-3H3,(H,27,31)(H,32,33)/t14-,15-,16+,17-,18+,19+,20?,21+,22+,25-,26-/m1/s1. The summed E-state index contributed by atoms with van der Waals surface area (Å²) >= 11 is 0. The summed E-state index contributed by atoms with van der Waals surface area (Å²) in [6.45, 7) is 6.35. The molecule has 4 aliphatic rings. The van der Waals surface area contributed by atoms with Crippen molar-refractivity contribution in [2.24, 2.45) is 46.3 Å². The first-order valence-corrected chi connectivity index (χ1v) is 13.0. The average Bonchev–Trinajstić information content (AvgIpc) is 3.12. The molecule has 0 aromatic heterocycles. The summed E-state index contributed by atoms with van der Waals surface area (Å²) in [5.41, 5.74) is -0.259. The molecule has 0 heterocycles. The molecule has 188 valence electrons. The molecule has 33 heavy (non-hydrogen) atoms. The van der Waals surface area contributed by atoms with E-state index in [1.165, 1.54) is 0 Å². The van der Waals surface area contributed by atoms with E-state index in [0.717, 1.165) is 38.5 Å². The number of carbonyl (C=O) groups is 2. The molecule has 0 aromatic carbocycles. The highest BCUT2D eigenvalue weighted by atomic mass is 16.4. The molecule has 0 aliphatic heterocycles. The van der Waals surface area contributed by atoms with Crippen molar-refractivity contribution < 1.29 is 30.0 Å². The number of aliphatic carboxylic acids is 1. The van der Waals surface area contributed by atoms with Gasteiger partial charge in [0, 0.05) is 6.42 Å². The summed E-state index contributed by atoms with van der Waals surface area (Å²) in [4.78, 5) is 22.7. The normalized spacial score (nSPS) is 47.7. The van der Waals surface area contributed by atoms with Gasteiger partial charge in [-0.2, -0.15) is 0 Å². The molecular formula is C26H43NO6. The average molecular weight is 466 g/mol. The Morgan fingerprint density at radius 2 is 1.73 bits per heavy atom. The summed E-state index contributed by atoms with van der Waals surface area (Å²) in [5.74, 6) is 0.522. The van der Waals surface area contributed by atoms with Gasteiger partial charge in [-0.1, -0.05) is 20.8 Å². The number of amides is 1. The molecule has 11 atom stereocenters. The van der Waals surface area contributed by atoms with Crippen molar-refractivity contribution in [3.63, 3.8) is 0 Å². The van der Waals surface area contributed by atoms with Crippen LogP contribution in [0.15, 0.2) is 0 Å². The van der Waals surface area contributed by atoms with Crippen molar-refractivity contribution in [1.82, 2.24) is 5.32 Å². The fraction of sp³-hybridized carbons (Fsp3) is 0.923. The van der Waals surface area contributed by atoms with Gasteiger partial charge in [0.05, 0.1) is 18.3 Å². The third-order valence-corrected chi connectivity index (χ3v) is 10.8. The minimum atomic E-state index is -1.04. The summed E-state index contributed by atoms with van der Waals surface area (Å²) in [6.07, 6.45) is 5.83. The molecule has 4 fully saturated rings. The maximum absolute atomic E-state index is 12.0. The molecule has 4 saturated carbocycles. The van der Waals surface area contributed by atoms with Crippen LogP contribution in [0.2, 0.25) is 0 Å². The number of nitrogens with one attached hydrogen (secondary N) is 1. The van der Waals surface area contributed by atoms with Gasteiger partial charge in [0.25, 0.3) is 0 Å². The van der Waals surface area contributed by atoms with Gasteiger partial charge in [0.15, 0.2) is 0 Å². The molecule has 0 bridgehead atoms. The number of fused-ring (bicyclic) bond motifs is 5. The first kappa shape index (κ1) is 24.9. The molecular weight excluding hydrogens is 422 g/mol. The lowest BCUT2D eigenvalue weighted by Crippen LogP contribution is -2.61. The summed E-state index contributed by atoms with van der Waals surface area (Å²) in [7, 11) is 0. The number of carboxylic acid groups (broad SMARTS) is 1. The van der Waals surface area contributed by atoms with E-state index >= 15 is 0 Å². The molecule has 4 rings (SSSR count). The molecule has 5 N–H and O–H groups in total. The number of aliphatic hydroxyl groups excluding tert-OH is 3. The zero-order valence-corrected chi connectivity index (χ0v) is 20.4. The number of rotatable bonds is 6. The molecule has 7 nitrogen and oxygen atoms in total. The van der Waals surface area contributed by atoms with E-state index < -0.39 is 12.1 Å². The summed E-state index contributed by atoms with van der Waals surface area (Å²) < 4.78 is 0. The minimum absolute atomic E-state index is 0.0319. The molecule has 7 heteroatoms. The Morgan fingerprint density at radius 3 is 2.42 bits per heavy atom. The monoisotopic (exact) mass is 465 g/mol. The maximum Gasteiger partial charge on any atom is 0.322 e. The van der Waals surface area contributed by atoms with Crippen molar-refractivity contribution in [3.8, 4) is 0 Å². The quantitative estimate of drug-likeness (QED) is 0.410. The molecule has 1 unspecified atom stereocenters. The third-order valence-electron chi connectivity index (χ3n) is 10.8. The van der Waals surface area contributed by atoms with Gasteiger partial charge in [-0.25, -0.2) is 0 Å². The predicted molar refractivity (Wildman–Crippen MR) is 123 cm³/mol. The second kappa shape index (κ2) is 9.12. The fourth-order valence-corrected chi connectivity index (χ4v) is 9.03. The molecule has 0 spiro atoms. The van der Waals surface area contributed by atoms with Gasteiger partial charge < -0.3 is 25.7 Å². The van der Waals surface area contributed by atoms with Gasteiger partial charge in [-0.15, -0.1) is 0 Å².